The van der Waals surface area contributed by atoms with Gasteiger partial charge in [-0.3, -0.25) is 29.0 Å². The Morgan fingerprint density at radius 1 is 0.738 bits per heavy atom. The van der Waals surface area contributed by atoms with Crippen LogP contribution in [0.3, 0.4) is 0 Å². The predicted octanol–water partition coefficient (Wildman–Crippen LogP) is 11.0. The van der Waals surface area contributed by atoms with E-state index >= 15 is 0 Å². The molecule has 6 aromatic rings. The molecule has 11 nitrogen and oxygen atoms in total. The molecule has 1 aliphatic carbocycles. The van der Waals surface area contributed by atoms with Crippen LogP contribution in [-0.4, -0.2) is 63.6 Å². The maximum absolute atomic E-state index is 13.5. The van der Waals surface area contributed by atoms with E-state index in [0.717, 1.165) is 58.8 Å². The minimum Gasteiger partial charge on any atom is -0.481 e. The van der Waals surface area contributed by atoms with Crippen molar-refractivity contribution < 1.29 is 56.1 Å². The lowest BCUT2D eigenvalue weighted by molar-refractivity contribution is -0.141. The fourth-order valence-corrected chi connectivity index (χ4v) is 8.77. The lowest BCUT2D eigenvalue weighted by Crippen LogP contribution is -2.39. The number of rotatable bonds is 17. The number of carbonyl (C=O) groups excluding carboxylic acids is 2. The van der Waals surface area contributed by atoms with E-state index in [2.05, 4.69) is 14.7 Å². The summed E-state index contributed by atoms with van der Waals surface area (Å²) in [5.41, 5.74) is 1.95. The fraction of sp³-hybridized carbons (Fsp3) is 0.261. The standard InChI is InChI=1S/C24H20ClF3N2O3S.C22H20F2N2O4S/c25-19-9-6-16(24(26,27)28)12-18(19)20-13-34-23(29-20)30(17-7-8-17)22(33)15(11-21(31)32)10-14-4-2-1-3-5-14;1-26(20(29)15(12-19(27)28)11-14-7-3-2-4-8-14)22-25-17(13-31-22)16-9-5-6-10-18(16)30-21(23)24/h1-6,9,12-13,15,17H,7-8,10-11H2,(H,31,32);2-10,13,15,21H,11-12H2,1H3,(H,27,28)/t2*15-/m11/s1. The summed E-state index contributed by atoms with van der Waals surface area (Å²) in [4.78, 5) is 61.0. The van der Waals surface area contributed by atoms with Crippen molar-refractivity contribution in [3.8, 4) is 28.3 Å². The molecule has 0 radical (unpaired) electrons. The summed E-state index contributed by atoms with van der Waals surface area (Å²) in [5, 5.41) is 22.6. The van der Waals surface area contributed by atoms with E-state index in [0.29, 0.717) is 21.5 Å². The molecule has 0 spiro atoms. The largest absolute Gasteiger partial charge is 0.481 e. The summed E-state index contributed by atoms with van der Waals surface area (Å²) in [6.45, 7) is -2.97. The summed E-state index contributed by atoms with van der Waals surface area (Å²) < 4.78 is 69.5. The monoisotopic (exact) mass is 954 g/mol. The maximum Gasteiger partial charge on any atom is 0.416 e. The van der Waals surface area contributed by atoms with E-state index in [-0.39, 0.29) is 65.6 Å². The van der Waals surface area contributed by atoms with Gasteiger partial charge >= 0.3 is 24.7 Å². The van der Waals surface area contributed by atoms with Crippen molar-refractivity contribution in [3.05, 3.63) is 136 Å². The number of carbonyl (C=O) groups is 4. The van der Waals surface area contributed by atoms with Crippen molar-refractivity contribution in [1.29, 1.82) is 0 Å². The predicted molar refractivity (Wildman–Crippen MR) is 237 cm³/mol. The number of ether oxygens (including phenoxy) is 1. The molecule has 2 amide bonds. The van der Waals surface area contributed by atoms with E-state index in [4.69, 9.17) is 11.6 Å². The van der Waals surface area contributed by atoms with E-state index in [9.17, 15) is 51.3 Å². The van der Waals surface area contributed by atoms with Crippen LogP contribution in [0.15, 0.2) is 114 Å². The number of nitrogens with zero attached hydrogens (tertiary/aromatic N) is 4. The van der Waals surface area contributed by atoms with Gasteiger partial charge in [0.05, 0.1) is 46.7 Å². The Morgan fingerprint density at radius 3 is 1.78 bits per heavy atom. The van der Waals surface area contributed by atoms with Crippen molar-refractivity contribution in [2.24, 2.45) is 11.8 Å². The number of carboxylic acids is 2. The highest BCUT2D eigenvalue weighted by atomic mass is 35.5. The van der Waals surface area contributed by atoms with Crippen LogP contribution in [0.5, 0.6) is 5.75 Å². The van der Waals surface area contributed by atoms with Crippen molar-refractivity contribution >= 4 is 68.3 Å². The first-order valence-electron chi connectivity index (χ1n) is 19.9. The van der Waals surface area contributed by atoms with Gasteiger partial charge in [-0.15, -0.1) is 22.7 Å². The molecule has 65 heavy (non-hydrogen) atoms. The highest BCUT2D eigenvalue weighted by molar-refractivity contribution is 7.14. The molecule has 1 aliphatic rings. The van der Waals surface area contributed by atoms with E-state index in [1.54, 1.807) is 29.0 Å². The Hall–Kier alpha value is -6.24. The lowest BCUT2D eigenvalue weighted by Gasteiger charge is -2.25. The first kappa shape index (κ1) is 48.2. The van der Waals surface area contributed by atoms with Gasteiger partial charge < -0.3 is 14.9 Å². The number of carboxylic acid groups (broad SMARTS) is 2. The first-order chi connectivity index (χ1) is 31.0. The van der Waals surface area contributed by atoms with Crippen molar-refractivity contribution in [2.45, 2.75) is 57.4 Å². The number of aliphatic carboxylic acids is 2. The number of para-hydroxylation sites is 1. The molecule has 1 fully saturated rings. The zero-order valence-electron chi connectivity index (χ0n) is 34.3. The Morgan fingerprint density at radius 2 is 1.25 bits per heavy atom. The average molecular weight is 955 g/mol. The molecule has 4 aromatic carbocycles. The molecule has 2 atom stereocenters. The van der Waals surface area contributed by atoms with Crippen LogP contribution in [0.2, 0.25) is 5.02 Å². The molecule has 0 aliphatic heterocycles. The molecule has 19 heteroatoms. The Kier molecular flexibility index (Phi) is 16.0. The van der Waals surface area contributed by atoms with Crippen LogP contribution in [0.4, 0.5) is 32.2 Å². The van der Waals surface area contributed by atoms with Gasteiger partial charge in [-0.1, -0.05) is 84.4 Å². The third-order valence-electron chi connectivity index (χ3n) is 10.1. The van der Waals surface area contributed by atoms with E-state index in [1.165, 1.54) is 29.0 Å². The van der Waals surface area contributed by atoms with Crippen LogP contribution in [0, 0.1) is 11.8 Å². The first-order valence-corrected chi connectivity index (χ1v) is 22.1. The molecule has 1 saturated carbocycles. The van der Waals surface area contributed by atoms with Gasteiger partial charge in [0.1, 0.15) is 5.75 Å². The number of aromatic nitrogens is 2. The lowest BCUT2D eigenvalue weighted by atomic mass is 9.94. The normalized spacial score (nSPS) is 13.3. The van der Waals surface area contributed by atoms with E-state index < -0.39 is 42.1 Å². The molecule has 0 saturated heterocycles. The maximum atomic E-state index is 13.5. The highest BCUT2D eigenvalue weighted by Crippen LogP contribution is 2.41. The molecule has 7 rings (SSSR count). The number of hydrogen-bond donors (Lipinski definition) is 2. The second-order valence-corrected chi connectivity index (χ2v) is 17.0. The molecular formula is C46H40ClF5N4O7S2. The SMILES string of the molecule is CN(C(=O)[C@@H](CC(=O)O)Cc1ccccc1)c1nc(-c2ccccc2OC(F)F)cs1.O=C(O)C[C@@H](Cc1ccccc1)C(=O)N(c1nc(-c2cc(C(F)(F)F)ccc2Cl)cs1)C1CC1. The Labute approximate surface area is 382 Å². The minimum absolute atomic E-state index is 0.0174. The average Bonchev–Trinajstić information content (AvgIpc) is 3.76. The summed E-state index contributed by atoms with van der Waals surface area (Å²) in [6.07, 6.45) is -3.16. The number of halogens is 6. The van der Waals surface area contributed by atoms with Crippen LogP contribution in [0.25, 0.3) is 22.5 Å². The van der Waals surface area contributed by atoms with Crippen LogP contribution < -0.4 is 14.5 Å². The van der Waals surface area contributed by atoms with Gasteiger partial charge in [-0.25, -0.2) is 9.97 Å². The molecule has 2 heterocycles. The number of alkyl halides is 5. The Bertz CT molecular complexity index is 2590. The van der Waals surface area contributed by atoms with Gasteiger partial charge in [0, 0.05) is 35.0 Å². The Balaban J connectivity index is 0.000000216. The van der Waals surface area contributed by atoms with Crippen LogP contribution in [-0.2, 0) is 38.2 Å². The van der Waals surface area contributed by atoms with E-state index in [1.807, 2.05) is 60.7 Å². The van der Waals surface area contributed by atoms with Crippen molar-refractivity contribution in [3.63, 3.8) is 0 Å². The summed E-state index contributed by atoms with van der Waals surface area (Å²) in [7, 11) is 1.52. The van der Waals surface area contributed by atoms with Gasteiger partial charge in [0.15, 0.2) is 10.3 Å². The number of hydrogen-bond acceptors (Lipinski definition) is 9. The number of anilines is 2. The molecule has 2 N–H and O–H groups in total. The highest BCUT2D eigenvalue weighted by Gasteiger charge is 2.39. The topological polar surface area (TPSA) is 150 Å². The molecular weight excluding hydrogens is 915 g/mol. The smallest absolute Gasteiger partial charge is 0.416 e. The summed E-state index contributed by atoms with van der Waals surface area (Å²) >= 11 is 8.43. The molecule has 340 valence electrons. The third kappa shape index (κ3) is 13.2. The quantitative estimate of drug-likeness (QED) is 0.0852. The van der Waals surface area contributed by atoms with Gasteiger partial charge in [0.25, 0.3) is 0 Å². The summed E-state index contributed by atoms with van der Waals surface area (Å²) in [5.74, 6) is -4.48. The number of thiazole rings is 2. The van der Waals surface area contributed by atoms with Gasteiger partial charge in [0.2, 0.25) is 11.8 Å². The third-order valence-corrected chi connectivity index (χ3v) is 12.2. The second kappa shape index (κ2) is 21.6. The van der Waals surface area contributed by atoms with Crippen molar-refractivity contribution in [1.82, 2.24) is 9.97 Å². The zero-order valence-corrected chi connectivity index (χ0v) is 36.7. The molecule has 0 unspecified atom stereocenters. The second-order valence-electron chi connectivity index (χ2n) is 14.9. The molecule has 2 aromatic heterocycles. The summed E-state index contributed by atoms with van der Waals surface area (Å²) in [6, 6.07) is 27.5. The van der Waals surface area contributed by atoms with Crippen LogP contribution in [0.1, 0.15) is 42.4 Å². The van der Waals surface area contributed by atoms with Gasteiger partial charge in [-0.2, -0.15) is 22.0 Å². The van der Waals surface area contributed by atoms with Crippen molar-refractivity contribution in [2.75, 3.05) is 16.8 Å². The van der Waals surface area contributed by atoms with Crippen LogP contribution >= 0.6 is 34.3 Å². The number of benzene rings is 4. The zero-order chi connectivity index (χ0) is 46.8. The number of amides is 2. The van der Waals surface area contributed by atoms with Gasteiger partial charge in [-0.05, 0) is 67.1 Å². The minimum atomic E-state index is -4.53. The fourth-order valence-electron chi connectivity index (χ4n) is 6.86. The molecule has 0 bridgehead atoms.